The van der Waals surface area contributed by atoms with Crippen LogP contribution in [0.1, 0.15) is 44.7 Å². The fourth-order valence-electron chi connectivity index (χ4n) is 3.27. The Hall–Kier alpha value is -2.77. The van der Waals surface area contributed by atoms with Crippen LogP contribution in [0.15, 0.2) is 46.8 Å². The molecular weight excluding hydrogens is 375 g/mol. The first-order chi connectivity index (χ1) is 13.1. The number of dihydropyridines is 1. The number of alkyl halides is 3. The topological polar surface area (TPSA) is 64.6 Å². The number of allylic oxidation sites excluding steroid dienone is 2. The van der Waals surface area contributed by atoms with Crippen molar-refractivity contribution in [1.82, 2.24) is 5.32 Å². The van der Waals surface area contributed by atoms with E-state index >= 15 is 0 Å². The maximum absolute atomic E-state index is 13.7. The Bertz CT molecular complexity index is 800. The molecule has 1 aliphatic rings. The standard InChI is InChI=1S/C20H22F3NO4/c1-5-27-18(25)15-11(3)24-12(4)16(19(26)28-6-2)17(15)13-9-7-8-10-14(13)20(21,22)23/h7-10,17,24H,5-6H2,1-4H3. The summed E-state index contributed by atoms with van der Waals surface area (Å²) in [6, 6.07) is 4.88. The van der Waals surface area contributed by atoms with E-state index in [9.17, 15) is 22.8 Å². The lowest BCUT2D eigenvalue weighted by Crippen LogP contribution is -2.33. The maximum atomic E-state index is 13.7. The van der Waals surface area contributed by atoms with Gasteiger partial charge < -0.3 is 14.8 Å². The zero-order valence-electron chi connectivity index (χ0n) is 16.1. The van der Waals surface area contributed by atoms with E-state index in [1.807, 2.05) is 0 Å². The van der Waals surface area contributed by atoms with Crippen LogP contribution in [-0.2, 0) is 25.2 Å². The Kier molecular flexibility index (Phi) is 6.53. The van der Waals surface area contributed by atoms with E-state index in [1.165, 1.54) is 18.2 Å². The van der Waals surface area contributed by atoms with Gasteiger partial charge >= 0.3 is 18.1 Å². The molecule has 2 rings (SSSR count). The van der Waals surface area contributed by atoms with Crippen molar-refractivity contribution < 1.29 is 32.2 Å². The maximum Gasteiger partial charge on any atom is 0.416 e. The predicted octanol–water partition coefficient (Wildman–Crippen LogP) is 4.07. The smallest absolute Gasteiger partial charge is 0.416 e. The zero-order chi connectivity index (χ0) is 21.1. The number of esters is 2. The number of nitrogens with one attached hydrogen (secondary N) is 1. The summed E-state index contributed by atoms with van der Waals surface area (Å²) in [5.74, 6) is -2.84. The van der Waals surface area contributed by atoms with Crippen molar-refractivity contribution in [2.75, 3.05) is 13.2 Å². The van der Waals surface area contributed by atoms with Crippen LogP contribution in [0.4, 0.5) is 13.2 Å². The molecule has 1 heterocycles. The van der Waals surface area contributed by atoms with Crippen LogP contribution in [0.3, 0.4) is 0 Å². The zero-order valence-corrected chi connectivity index (χ0v) is 16.1. The minimum atomic E-state index is -4.66. The second-order valence-electron chi connectivity index (χ2n) is 6.16. The molecule has 28 heavy (non-hydrogen) atoms. The molecule has 1 aromatic carbocycles. The minimum Gasteiger partial charge on any atom is -0.463 e. The van der Waals surface area contributed by atoms with E-state index in [0.717, 1.165) is 6.07 Å². The SMILES string of the molecule is CCOC(=O)C1=C(C)NC(C)=C(C(=O)OCC)C1c1ccccc1C(F)(F)F. The summed E-state index contributed by atoms with van der Waals surface area (Å²) in [6.07, 6.45) is -4.66. The summed E-state index contributed by atoms with van der Waals surface area (Å²) in [7, 11) is 0. The van der Waals surface area contributed by atoms with E-state index < -0.39 is 29.6 Å². The van der Waals surface area contributed by atoms with Gasteiger partial charge in [-0.05, 0) is 39.3 Å². The summed E-state index contributed by atoms with van der Waals surface area (Å²) in [4.78, 5) is 25.2. The Balaban J connectivity index is 2.78. The number of carbonyl (C=O) groups is 2. The Labute approximate surface area is 161 Å². The first kappa shape index (κ1) is 21.5. The fourth-order valence-corrected chi connectivity index (χ4v) is 3.27. The second-order valence-corrected chi connectivity index (χ2v) is 6.16. The van der Waals surface area contributed by atoms with E-state index in [0.29, 0.717) is 11.4 Å². The van der Waals surface area contributed by atoms with E-state index in [4.69, 9.17) is 9.47 Å². The average molecular weight is 397 g/mol. The largest absolute Gasteiger partial charge is 0.463 e. The van der Waals surface area contributed by atoms with Crippen LogP contribution in [0.2, 0.25) is 0 Å². The first-order valence-electron chi connectivity index (χ1n) is 8.82. The third kappa shape index (κ3) is 4.21. The third-order valence-electron chi connectivity index (χ3n) is 4.33. The monoisotopic (exact) mass is 397 g/mol. The number of ether oxygens (including phenoxy) is 2. The molecule has 0 saturated carbocycles. The average Bonchev–Trinajstić information content (AvgIpc) is 2.60. The van der Waals surface area contributed by atoms with Crippen molar-refractivity contribution in [1.29, 1.82) is 0 Å². The van der Waals surface area contributed by atoms with Gasteiger partial charge in [0.05, 0.1) is 35.8 Å². The van der Waals surface area contributed by atoms with Crippen LogP contribution in [0.25, 0.3) is 0 Å². The molecule has 0 aromatic heterocycles. The molecule has 0 amide bonds. The minimum absolute atomic E-state index is 0.0423. The van der Waals surface area contributed by atoms with Gasteiger partial charge in [-0.2, -0.15) is 13.2 Å². The Morgan fingerprint density at radius 3 is 1.86 bits per heavy atom. The number of carbonyl (C=O) groups excluding carboxylic acids is 2. The fraction of sp³-hybridized carbons (Fsp3) is 0.400. The normalized spacial score (nSPS) is 15.4. The molecule has 0 fully saturated rings. The molecule has 0 unspecified atom stereocenters. The summed E-state index contributed by atoms with van der Waals surface area (Å²) in [5, 5.41) is 2.89. The predicted molar refractivity (Wildman–Crippen MR) is 96.0 cm³/mol. The van der Waals surface area contributed by atoms with Gasteiger partial charge in [0.25, 0.3) is 0 Å². The van der Waals surface area contributed by atoms with E-state index in [1.54, 1.807) is 27.7 Å². The Morgan fingerprint density at radius 2 is 1.43 bits per heavy atom. The van der Waals surface area contributed by atoms with Crippen LogP contribution >= 0.6 is 0 Å². The number of benzene rings is 1. The number of hydrogen-bond acceptors (Lipinski definition) is 5. The van der Waals surface area contributed by atoms with Gasteiger partial charge in [0.2, 0.25) is 0 Å². The number of halogens is 3. The van der Waals surface area contributed by atoms with Crippen molar-refractivity contribution in [2.45, 2.75) is 39.8 Å². The molecule has 1 aliphatic heterocycles. The lowest BCUT2D eigenvalue weighted by atomic mass is 9.78. The highest BCUT2D eigenvalue weighted by molar-refractivity contribution is 6.00. The molecule has 0 saturated heterocycles. The van der Waals surface area contributed by atoms with Gasteiger partial charge in [-0.3, -0.25) is 0 Å². The van der Waals surface area contributed by atoms with Crippen molar-refractivity contribution in [3.05, 3.63) is 57.9 Å². The van der Waals surface area contributed by atoms with Crippen molar-refractivity contribution in [3.8, 4) is 0 Å². The summed E-state index contributed by atoms with van der Waals surface area (Å²) >= 11 is 0. The van der Waals surface area contributed by atoms with E-state index in [-0.39, 0.29) is 29.9 Å². The van der Waals surface area contributed by atoms with Gasteiger partial charge in [-0.25, -0.2) is 9.59 Å². The summed E-state index contributed by atoms with van der Waals surface area (Å²) in [6.45, 7) is 6.38. The van der Waals surface area contributed by atoms with Crippen LogP contribution in [0, 0.1) is 0 Å². The quantitative estimate of drug-likeness (QED) is 0.759. The number of hydrogen-bond donors (Lipinski definition) is 1. The van der Waals surface area contributed by atoms with Crippen LogP contribution in [0.5, 0.6) is 0 Å². The Morgan fingerprint density at radius 1 is 0.964 bits per heavy atom. The highest BCUT2D eigenvalue weighted by atomic mass is 19.4. The van der Waals surface area contributed by atoms with Crippen LogP contribution in [-0.4, -0.2) is 25.2 Å². The molecule has 0 atom stereocenters. The van der Waals surface area contributed by atoms with Gasteiger partial charge in [0.15, 0.2) is 0 Å². The second kappa shape index (κ2) is 8.50. The lowest BCUT2D eigenvalue weighted by molar-refractivity contribution is -0.142. The molecule has 152 valence electrons. The molecule has 1 aromatic rings. The van der Waals surface area contributed by atoms with Gasteiger partial charge in [0.1, 0.15) is 0 Å². The van der Waals surface area contributed by atoms with Gasteiger partial charge in [0, 0.05) is 11.4 Å². The molecular formula is C20H22F3NO4. The first-order valence-corrected chi connectivity index (χ1v) is 8.82. The molecule has 8 heteroatoms. The van der Waals surface area contributed by atoms with Gasteiger partial charge in [-0.1, -0.05) is 18.2 Å². The molecule has 5 nitrogen and oxygen atoms in total. The molecule has 1 N–H and O–H groups in total. The lowest BCUT2D eigenvalue weighted by Gasteiger charge is -2.31. The number of rotatable bonds is 5. The molecule has 0 bridgehead atoms. The highest BCUT2D eigenvalue weighted by Gasteiger charge is 2.43. The van der Waals surface area contributed by atoms with Crippen LogP contribution < -0.4 is 5.32 Å². The molecule has 0 aliphatic carbocycles. The summed E-state index contributed by atoms with van der Waals surface area (Å²) < 4.78 is 51.1. The summed E-state index contributed by atoms with van der Waals surface area (Å²) in [5.41, 5.74) is -0.580. The third-order valence-corrected chi connectivity index (χ3v) is 4.33. The van der Waals surface area contributed by atoms with Crippen molar-refractivity contribution in [2.24, 2.45) is 0 Å². The van der Waals surface area contributed by atoms with Gasteiger partial charge in [-0.15, -0.1) is 0 Å². The molecule has 0 radical (unpaired) electrons. The highest BCUT2D eigenvalue weighted by Crippen LogP contribution is 2.44. The molecule has 0 spiro atoms. The van der Waals surface area contributed by atoms with Crippen molar-refractivity contribution in [3.63, 3.8) is 0 Å². The van der Waals surface area contributed by atoms with Crippen molar-refractivity contribution >= 4 is 11.9 Å². The van der Waals surface area contributed by atoms with E-state index in [2.05, 4.69) is 5.32 Å².